The molecule has 5 nitrogen and oxygen atoms in total. The van der Waals surface area contributed by atoms with E-state index in [0.29, 0.717) is 0 Å². The van der Waals surface area contributed by atoms with Crippen molar-refractivity contribution in [3.63, 3.8) is 0 Å². The Kier molecular flexibility index (Phi) is 6.33. The van der Waals surface area contributed by atoms with Crippen LogP contribution in [0, 0.1) is 0 Å². The minimum Gasteiger partial charge on any atom is -0.192 e. The first-order valence-corrected chi connectivity index (χ1v) is 5.29. The first kappa shape index (κ1) is 16.6. The molecular formula is C2H2F4O5S2Zn. The van der Waals surface area contributed by atoms with Gasteiger partial charge in [-0.2, -0.15) is 34.4 Å². The van der Waals surface area contributed by atoms with Gasteiger partial charge < -0.3 is 0 Å². The van der Waals surface area contributed by atoms with E-state index in [4.69, 9.17) is 0 Å². The molecule has 0 aliphatic rings. The van der Waals surface area contributed by atoms with Crippen LogP contribution in [-0.4, -0.2) is 28.4 Å². The van der Waals surface area contributed by atoms with Crippen LogP contribution in [-0.2, 0) is 43.3 Å². The maximum atomic E-state index is 11.4. The minimum absolute atomic E-state index is 0. The summed E-state index contributed by atoms with van der Waals surface area (Å²) in [6, 6.07) is 0. The maximum Gasteiger partial charge on any atom is 0.362 e. The summed E-state index contributed by atoms with van der Waals surface area (Å²) in [6.45, 7) is 0. The van der Waals surface area contributed by atoms with Crippen molar-refractivity contribution < 1.29 is 57.5 Å². The van der Waals surface area contributed by atoms with Crippen LogP contribution >= 0.6 is 0 Å². The number of hydrogen-bond donors (Lipinski definition) is 0. The normalized spacial score (nSPS) is 13.0. The van der Waals surface area contributed by atoms with Gasteiger partial charge in [-0.3, -0.25) is 0 Å². The van der Waals surface area contributed by atoms with Crippen molar-refractivity contribution in [2.75, 3.05) is 0 Å². The number of alkyl halides is 4. The van der Waals surface area contributed by atoms with Crippen molar-refractivity contribution in [1.82, 2.24) is 0 Å². The van der Waals surface area contributed by atoms with Gasteiger partial charge in [-0.05, 0) is 0 Å². The van der Waals surface area contributed by atoms with E-state index in [-0.39, 0.29) is 19.5 Å². The van der Waals surface area contributed by atoms with Gasteiger partial charge in [0.2, 0.25) is 0 Å². The average Bonchev–Trinajstić information content (AvgIpc) is 1.83. The quantitative estimate of drug-likeness (QED) is 0.544. The van der Waals surface area contributed by atoms with E-state index < -0.39 is 31.8 Å². The van der Waals surface area contributed by atoms with Crippen molar-refractivity contribution in [3.05, 3.63) is 0 Å². The first-order chi connectivity index (χ1) is 5.59. The van der Waals surface area contributed by atoms with Crippen LogP contribution in [0.15, 0.2) is 0 Å². The molecule has 0 heterocycles. The minimum atomic E-state index is -5.80. The molecular weight excluding hydrogens is 310 g/mol. The van der Waals surface area contributed by atoms with Crippen molar-refractivity contribution in [2.24, 2.45) is 0 Å². The second-order valence-electron chi connectivity index (χ2n) is 1.57. The van der Waals surface area contributed by atoms with Crippen LogP contribution in [0.25, 0.3) is 0 Å². The molecule has 0 aromatic carbocycles. The summed E-state index contributed by atoms with van der Waals surface area (Å²) in [6.07, 6.45) is 0. The Bertz CT molecular complexity index is 323. The number of rotatable bonds is 4. The first-order valence-electron chi connectivity index (χ1n) is 2.34. The van der Waals surface area contributed by atoms with Gasteiger partial charge in [-0.15, -0.1) is 3.63 Å². The molecule has 0 aliphatic heterocycles. The van der Waals surface area contributed by atoms with Gasteiger partial charge in [-0.1, -0.05) is 0 Å². The molecule has 0 atom stereocenters. The van der Waals surface area contributed by atoms with Crippen LogP contribution in [0.3, 0.4) is 0 Å². The molecule has 0 saturated heterocycles. The Labute approximate surface area is 89.4 Å². The van der Waals surface area contributed by atoms with E-state index in [9.17, 15) is 34.4 Å². The van der Waals surface area contributed by atoms with E-state index in [0.717, 1.165) is 0 Å². The molecule has 0 amide bonds. The summed E-state index contributed by atoms with van der Waals surface area (Å²) >= 11 is 0. The fraction of sp³-hybridized carbons (Fsp3) is 1.00. The predicted molar refractivity (Wildman–Crippen MR) is 30.9 cm³/mol. The van der Waals surface area contributed by atoms with E-state index in [2.05, 4.69) is 3.63 Å². The molecule has 0 aromatic rings. The van der Waals surface area contributed by atoms with E-state index in [1.54, 1.807) is 0 Å². The van der Waals surface area contributed by atoms with Gasteiger partial charge in [-0.25, -0.2) is 0 Å². The molecule has 82 valence electrons. The Hall–Kier alpha value is 0.203. The molecule has 0 unspecified atom stereocenters. The van der Waals surface area contributed by atoms with Gasteiger partial charge >= 0.3 is 31.8 Å². The third-order valence-corrected chi connectivity index (χ3v) is 3.02. The number of halogens is 4. The van der Waals surface area contributed by atoms with Crippen LogP contribution in [0.2, 0.25) is 0 Å². The molecule has 0 spiro atoms. The molecule has 0 bridgehead atoms. The summed E-state index contributed by atoms with van der Waals surface area (Å²) < 4.78 is 88.0. The molecule has 0 aliphatic carbocycles. The summed E-state index contributed by atoms with van der Waals surface area (Å²) in [5, 5.41) is 0. The van der Waals surface area contributed by atoms with Crippen LogP contribution in [0.5, 0.6) is 0 Å². The second kappa shape index (κ2) is 5.33. The Morgan fingerprint density at radius 3 is 1.14 bits per heavy atom. The fourth-order valence-corrected chi connectivity index (χ4v) is 1.72. The zero-order valence-electron chi connectivity index (χ0n) is 6.23. The smallest absolute Gasteiger partial charge is 0.192 e. The zero-order chi connectivity index (χ0) is 10.9. The van der Waals surface area contributed by atoms with Gasteiger partial charge in [0.25, 0.3) is 0 Å². The molecule has 0 N–H and O–H groups in total. The monoisotopic (exact) mass is 310 g/mol. The molecule has 0 saturated carbocycles. The molecule has 0 fully saturated rings. The fourth-order valence-electron chi connectivity index (χ4n) is 0.192. The average molecular weight is 312 g/mol. The Balaban J connectivity index is 0. The standard InChI is InChI=1S/C2H2F4O5S2.Zn/c3-1(4)12(7,8)11-13(9,10)2(5)6;/h1-2H;. The maximum absolute atomic E-state index is 11.4. The van der Waals surface area contributed by atoms with E-state index in [1.165, 1.54) is 0 Å². The zero-order valence-corrected chi connectivity index (χ0v) is 10.8. The van der Waals surface area contributed by atoms with Gasteiger partial charge in [0.15, 0.2) is 0 Å². The van der Waals surface area contributed by atoms with E-state index >= 15 is 0 Å². The van der Waals surface area contributed by atoms with Crippen LogP contribution in [0.4, 0.5) is 17.6 Å². The largest absolute Gasteiger partial charge is 0.362 e. The van der Waals surface area contributed by atoms with Crippen molar-refractivity contribution in [2.45, 2.75) is 11.5 Å². The summed E-state index contributed by atoms with van der Waals surface area (Å²) in [4.78, 5) is 0. The van der Waals surface area contributed by atoms with Crippen molar-refractivity contribution in [3.8, 4) is 0 Å². The molecule has 0 radical (unpaired) electrons. The second-order valence-corrected chi connectivity index (χ2v) is 4.80. The molecule has 14 heavy (non-hydrogen) atoms. The summed E-state index contributed by atoms with van der Waals surface area (Å²) in [5.41, 5.74) is 0. The van der Waals surface area contributed by atoms with Gasteiger partial charge in [0, 0.05) is 19.5 Å². The summed E-state index contributed by atoms with van der Waals surface area (Å²) in [5.74, 6) is -8.39. The molecule has 0 aromatic heterocycles. The topological polar surface area (TPSA) is 77.5 Å². The third-order valence-electron chi connectivity index (χ3n) is 0.626. The Morgan fingerprint density at radius 2 is 1.00 bits per heavy atom. The SMILES string of the molecule is O=S(=O)(OS(=O)(=O)C(F)F)C(F)F.[Zn]. The van der Waals surface area contributed by atoms with Crippen molar-refractivity contribution in [1.29, 1.82) is 0 Å². The third kappa shape index (κ3) is 4.62. The van der Waals surface area contributed by atoms with Crippen molar-refractivity contribution >= 4 is 20.2 Å². The van der Waals surface area contributed by atoms with Gasteiger partial charge in [0.05, 0.1) is 0 Å². The molecule has 0 rings (SSSR count). The van der Waals surface area contributed by atoms with Crippen LogP contribution in [0.1, 0.15) is 0 Å². The van der Waals surface area contributed by atoms with Gasteiger partial charge in [0.1, 0.15) is 0 Å². The summed E-state index contributed by atoms with van der Waals surface area (Å²) in [7, 11) is -11.6. The van der Waals surface area contributed by atoms with Crippen LogP contribution < -0.4 is 0 Å². The Morgan fingerprint density at radius 1 is 0.786 bits per heavy atom. The number of hydrogen-bond acceptors (Lipinski definition) is 5. The molecule has 12 heteroatoms. The predicted octanol–water partition coefficient (Wildman–Crippen LogP) is 0.105. The van der Waals surface area contributed by atoms with E-state index in [1.807, 2.05) is 0 Å².